The molecule has 268 valence electrons. The van der Waals surface area contributed by atoms with E-state index in [4.69, 9.17) is 0 Å². The predicted octanol–water partition coefficient (Wildman–Crippen LogP) is 15.8. The van der Waals surface area contributed by atoms with Crippen molar-refractivity contribution in [3.8, 4) is 0 Å². The van der Waals surface area contributed by atoms with Crippen LogP contribution in [0.25, 0.3) is 51.1 Å². The molecule has 0 aliphatic carbocycles. The lowest BCUT2D eigenvalue weighted by Crippen LogP contribution is -2.30. The van der Waals surface area contributed by atoms with E-state index >= 15 is 0 Å². The van der Waals surface area contributed by atoms with Gasteiger partial charge >= 0.3 is 0 Å². The van der Waals surface area contributed by atoms with Crippen molar-refractivity contribution < 1.29 is 0 Å². The Morgan fingerprint density at radius 3 is 1.11 bits per heavy atom. The first-order valence-corrected chi connectivity index (χ1v) is 21.1. The van der Waals surface area contributed by atoms with Crippen LogP contribution in [0.2, 0.25) is 0 Å². The molecular formula is C52H38N2S2. The summed E-state index contributed by atoms with van der Waals surface area (Å²) in [4.78, 5) is 4.94. The largest absolute Gasteiger partial charge is 0.310 e. The zero-order valence-corrected chi connectivity index (χ0v) is 33.4. The van der Waals surface area contributed by atoms with Gasteiger partial charge in [-0.05, 0) is 82.9 Å². The molecule has 0 saturated carbocycles. The second kappa shape index (κ2) is 11.3. The Bertz CT molecular complexity index is 3040. The molecule has 12 rings (SSSR count). The zero-order chi connectivity index (χ0) is 37.5. The highest BCUT2D eigenvalue weighted by molar-refractivity contribution is 7.28. The number of benzene rings is 8. The van der Waals surface area contributed by atoms with Gasteiger partial charge in [0.05, 0.1) is 22.7 Å². The Balaban J connectivity index is 1.08. The van der Waals surface area contributed by atoms with Crippen molar-refractivity contribution in [3.63, 3.8) is 0 Å². The number of rotatable bonds is 2. The van der Waals surface area contributed by atoms with E-state index in [9.17, 15) is 0 Å². The highest BCUT2D eigenvalue weighted by atomic mass is 32.1. The van der Waals surface area contributed by atoms with E-state index in [1.165, 1.54) is 107 Å². The lowest BCUT2D eigenvalue weighted by molar-refractivity contribution is 0.633. The first kappa shape index (κ1) is 32.3. The summed E-state index contributed by atoms with van der Waals surface area (Å²) < 4.78 is 5.39. The van der Waals surface area contributed by atoms with Gasteiger partial charge in [-0.25, -0.2) is 0 Å². The van der Waals surface area contributed by atoms with Gasteiger partial charge in [-0.2, -0.15) is 0 Å². The molecule has 0 saturated heterocycles. The first-order valence-electron chi connectivity index (χ1n) is 19.5. The standard InChI is InChI=1S/C52H38N2S2/c1-51(2)39-19-11-13-21-43(39)53(31-15-7-5-8-16-31)45-29-47-37(27-41(45)51)35-25-23-34-33(49(35)55-47)24-26-36-38-28-42-46(30-48(38)56-50(34)36)54(32-17-9-6-10-18-32)44-22-14-12-20-40(44)52(42,3)4/h5-30H,1-4H3. The van der Waals surface area contributed by atoms with Crippen LogP contribution in [0.15, 0.2) is 158 Å². The van der Waals surface area contributed by atoms with E-state index in [1.807, 2.05) is 22.7 Å². The van der Waals surface area contributed by atoms with Gasteiger partial charge in [0.1, 0.15) is 0 Å². The molecule has 0 fully saturated rings. The second-order valence-corrected chi connectivity index (χ2v) is 18.6. The summed E-state index contributed by atoms with van der Waals surface area (Å²) in [5, 5.41) is 8.06. The number of thiophene rings is 2. The van der Waals surface area contributed by atoms with Crippen LogP contribution in [0.4, 0.5) is 34.1 Å². The van der Waals surface area contributed by atoms with Crippen LogP contribution in [-0.2, 0) is 10.8 Å². The maximum Gasteiger partial charge on any atom is 0.0517 e. The highest BCUT2D eigenvalue weighted by Gasteiger charge is 2.39. The van der Waals surface area contributed by atoms with Gasteiger partial charge in [-0.15, -0.1) is 22.7 Å². The zero-order valence-electron chi connectivity index (χ0n) is 31.7. The summed E-state index contributed by atoms with van der Waals surface area (Å²) in [6, 6.07) is 59.1. The molecule has 2 aromatic heterocycles. The van der Waals surface area contributed by atoms with Crippen LogP contribution in [0.3, 0.4) is 0 Å². The Kier molecular flexibility index (Phi) is 6.53. The van der Waals surface area contributed by atoms with Crippen molar-refractivity contribution in [2.45, 2.75) is 38.5 Å². The maximum atomic E-state index is 2.50. The normalized spacial score (nSPS) is 15.4. The molecule has 4 heterocycles. The third kappa shape index (κ3) is 4.26. The van der Waals surface area contributed by atoms with Crippen LogP contribution in [0.5, 0.6) is 0 Å². The van der Waals surface area contributed by atoms with Gasteiger partial charge in [0, 0.05) is 73.3 Å². The smallest absolute Gasteiger partial charge is 0.0517 e. The van der Waals surface area contributed by atoms with Gasteiger partial charge in [0.2, 0.25) is 0 Å². The average Bonchev–Trinajstić information content (AvgIpc) is 3.79. The summed E-state index contributed by atoms with van der Waals surface area (Å²) in [5.74, 6) is 0. The highest BCUT2D eigenvalue weighted by Crippen LogP contribution is 2.56. The molecule has 4 heteroatoms. The van der Waals surface area contributed by atoms with E-state index in [0.717, 1.165) is 0 Å². The Labute approximate surface area is 334 Å². The number of hydrogen-bond donors (Lipinski definition) is 0. The van der Waals surface area contributed by atoms with Crippen LogP contribution >= 0.6 is 22.7 Å². The van der Waals surface area contributed by atoms with Crippen molar-refractivity contribution in [2.75, 3.05) is 9.80 Å². The van der Waals surface area contributed by atoms with Gasteiger partial charge in [0.15, 0.2) is 0 Å². The van der Waals surface area contributed by atoms with Crippen molar-refractivity contribution in [1.29, 1.82) is 0 Å². The number of hydrogen-bond acceptors (Lipinski definition) is 4. The third-order valence-corrected chi connectivity index (χ3v) is 15.2. The Hall–Kier alpha value is -5.94. The van der Waals surface area contributed by atoms with E-state index in [0.29, 0.717) is 0 Å². The minimum atomic E-state index is -0.148. The summed E-state index contributed by atoms with van der Waals surface area (Å²) in [6.45, 7) is 9.55. The van der Waals surface area contributed by atoms with Gasteiger partial charge in [-0.3, -0.25) is 0 Å². The van der Waals surface area contributed by atoms with Gasteiger partial charge in [-0.1, -0.05) is 125 Å². The molecule has 2 nitrogen and oxygen atoms in total. The molecule has 0 N–H and O–H groups in total. The second-order valence-electron chi connectivity index (χ2n) is 16.5. The van der Waals surface area contributed by atoms with Gasteiger partial charge < -0.3 is 9.80 Å². The molecule has 2 aliphatic rings. The molecule has 2 aliphatic heterocycles. The molecule has 0 radical (unpaired) electrons. The van der Waals surface area contributed by atoms with Crippen LogP contribution in [0, 0.1) is 0 Å². The average molecular weight is 755 g/mol. The summed E-state index contributed by atoms with van der Waals surface area (Å²) >= 11 is 3.88. The summed E-state index contributed by atoms with van der Waals surface area (Å²) in [5.41, 5.74) is 12.6. The Morgan fingerprint density at radius 1 is 0.339 bits per heavy atom. The lowest BCUT2D eigenvalue weighted by atomic mass is 9.73. The fourth-order valence-electron chi connectivity index (χ4n) is 9.97. The van der Waals surface area contributed by atoms with Crippen LogP contribution in [-0.4, -0.2) is 0 Å². The van der Waals surface area contributed by atoms with Crippen LogP contribution < -0.4 is 9.80 Å². The topological polar surface area (TPSA) is 6.48 Å². The minimum absolute atomic E-state index is 0.148. The fourth-order valence-corrected chi connectivity index (χ4v) is 12.5. The van der Waals surface area contributed by atoms with Crippen molar-refractivity contribution in [2.24, 2.45) is 0 Å². The summed E-state index contributed by atoms with van der Waals surface area (Å²) in [6.07, 6.45) is 0. The quantitative estimate of drug-likeness (QED) is 0.173. The third-order valence-electron chi connectivity index (χ3n) is 12.8. The predicted molar refractivity (Wildman–Crippen MR) is 243 cm³/mol. The molecule has 10 aromatic rings. The van der Waals surface area contributed by atoms with Crippen molar-refractivity contribution in [3.05, 3.63) is 180 Å². The minimum Gasteiger partial charge on any atom is -0.310 e. The molecule has 0 amide bonds. The Morgan fingerprint density at radius 2 is 0.696 bits per heavy atom. The number of fused-ring (bicyclic) bond motifs is 13. The van der Waals surface area contributed by atoms with E-state index < -0.39 is 0 Å². The number of anilines is 6. The van der Waals surface area contributed by atoms with E-state index in [-0.39, 0.29) is 10.8 Å². The van der Waals surface area contributed by atoms with E-state index in [1.54, 1.807) is 0 Å². The molecule has 0 unspecified atom stereocenters. The first-order chi connectivity index (χ1) is 27.3. The van der Waals surface area contributed by atoms with Gasteiger partial charge in [0.25, 0.3) is 0 Å². The molecule has 8 aromatic carbocycles. The monoisotopic (exact) mass is 754 g/mol. The van der Waals surface area contributed by atoms with Crippen LogP contribution in [0.1, 0.15) is 49.9 Å². The number of para-hydroxylation sites is 4. The maximum absolute atomic E-state index is 2.50. The van der Waals surface area contributed by atoms with Crippen molar-refractivity contribution in [1.82, 2.24) is 0 Å². The van der Waals surface area contributed by atoms with Crippen molar-refractivity contribution >= 4 is 108 Å². The molecular weight excluding hydrogens is 717 g/mol. The molecule has 0 bridgehead atoms. The fraction of sp³-hybridized carbons (Fsp3) is 0.115. The lowest BCUT2D eigenvalue weighted by Gasteiger charge is -2.42. The molecule has 56 heavy (non-hydrogen) atoms. The molecule has 0 atom stereocenters. The number of nitrogens with zero attached hydrogens (tertiary/aromatic N) is 2. The summed E-state index contributed by atoms with van der Waals surface area (Å²) in [7, 11) is 0. The van der Waals surface area contributed by atoms with E-state index in [2.05, 4.69) is 195 Å². The SMILES string of the molecule is CC1(C)c2ccccc2N(c2ccccc2)c2cc3sc4c(ccc5c4ccc4c6cc7c(cc6sc45)N(c4ccccc4)c4ccccc4C7(C)C)c3cc21. The molecule has 0 spiro atoms.